The molecule has 0 bridgehead atoms. The summed E-state index contributed by atoms with van der Waals surface area (Å²) in [5.74, 6) is 0.637. The van der Waals surface area contributed by atoms with Gasteiger partial charge in [0.05, 0.1) is 11.4 Å². The summed E-state index contributed by atoms with van der Waals surface area (Å²) >= 11 is 0. The molecular formula is C24H21N3O4. The maximum Gasteiger partial charge on any atom is 0.277 e. The molecule has 0 aromatic heterocycles. The van der Waals surface area contributed by atoms with Gasteiger partial charge in [-0.05, 0) is 42.3 Å². The minimum atomic E-state index is -0.378. The summed E-state index contributed by atoms with van der Waals surface area (Å²) in [6.07, 6.45) is 0. The summed E-state index contributed by atoms with van der Waals surface area (Å²) in [7, 11) is 0. The number of hydrogen-bond acceptors (Lipinski definition) is 5. The van der Waals surface area contributed by atoms with Crippen molar-refractivity contribution in [3.8, 4) is 22.6 Å². The number of hydrogen-bond donors (Lipinski definition) is 2. The molecule has 4 rings (SSSR count). The smallest absolute Gasteiger partial charge is 0.277 e. The monoisotopic (exact) mass is 415 g/mol. The summed E-state index contributed by atoms with van der Waals surface area (Å²) in [6, 6.07) is 22.7. The van der Waals surface area contributed by atoms with Crippen LogP contribution in [0.5, 0.6) is 11.5 Å². The Kier molecular flexibility index (Phi) is 5.93. The molecule has 2 amide bonds. The Balaban J connectivity index is 1.38. The molecule has 0 saturated heterocycles. The number of fused-ring (bicyclic) bond motifs is 1. The number of ether oxygens (including phenoxy) is 2. The minimum Gasteiger partial charge on any atom is -0.483 e. The number of nitrogens with one attached hydrogen (secondary N) is 2. The van der Waals surface area contributed by atoms with Gasteiger partial charge in [0.25, 0.3) is 11.8 Å². The molecule has 1 aliphatic heterocycles. The van der Waals surface area contributed by atoms with E-state index in [1.54, 1.807) is 19.1 Å². The Morgan fingerprint density at radius 1 is 1.10 bits per heavy atom. The molecule has 0 spiro atoms. The van der Waals surface area contributed by atoms with E-state index < -0.39 is 0 Å². The predicted molar refractivity (Wildman–Crippen MR) is 118 cm³/mol. The summed E-state index contributed by atoms with van der Waals surface area (Å²) in [5.41, 5.74) is 6.34. The van der Waals surface area contributed by atoms with Crippen LogP contribution in [0.1, 0.15) is 12.5 Å². The van der Waals surface area contributed by atoms with Crippen molar-refractivity contribution < 1.29 is 19.1 Å². The number of rotatable bonds is 6. The molecule has 2 N–H and O–H groups in total. The van der Waals surface area contributed by atoms with Crippen LogP contribution in [-0.2, 0) is 9.59 Å². The van der Waals surface area contributed by atoms with Gasteiger partial charge in [-0.25, -0.2) is 5.43 Å². The van der Waals surface area contributed by atoms with E-state index in [0.717, 1.165) is 16.7 Å². The van der Waals surface area contributed by atoms with Gasteiger partial charge in [0.1, 0.15) is 11.5 Å². The SMILES string of the molecule is C/C(=N/NC(=O)COc1ccccc1-c1ccccc1)c1ccc2c(c1)NC(=O)CO2. The number of nitrogens with zero attached hydrogens (tertiary/aromatic N) is 1. The number of anilines is 1. The number of carbonyl (C=O) groups excluding carboxylic acids is 2. The van der Waals surface area contributed by atoms with E-state index in [9.17, 15) is 9.59 Å². The van der Waals surface area contributed by atoms with E-state index in [4.69, 9.17) is 9.47 Å². The average molecular weight is 415 g/mol. The van der Waals surface area contributed by atoms with Gasteiger partial charge in [-0.3, -0.25) is 9.59 Å². The second-order valence-corrected chi connectivity index (χ2v) is 6.93. The van der Waals surface area contributed by atoms with Crippen LogP contribution in [0.3, 0.4) is 0 Å². The van der Waals surface area contributed by atoms with Crippen molar-refractivity contribution >= 4 is 23.2 Å². The van der Waals surface area contributed by atoms with Gasteiger partial charge >= 0.3 is 0 Å². The van der Waals surface area contributed by atoms with Crippen LogP contribution in [0, 0.1) is 0 Å². The van der Waals surface area contributed by atoms with E-state index in [1.807, 2.05) is 60.7 Å². The second-order valence-electron chi connectivity index (χ2n) is 6.93. The van der Waals surface area contributed by atoms with Gasteiger partial charge in [0.2, 0.25) is 0 Å². The molecule has 156 valence electrons. The lowest BCUT2D eigenvalue weighted by atomic mass is 10.1. The molecule has 1 heterocycles. The van der Waals surface area contributed by atoms with E-state index in [-0.39, 0.29) is 25.0 Å². The van der Waals surface area contributed by atoms with Gasteiger partial charge in [0.15, 0.2) is 13.2 Å². The lowest BCUT2D eigenvalue weighted by Gasteiger charge is -2.18. The number of carbonyl (C=O) groups is 2. The standard InChI is InChI=1S/C24H21N3O4/c1-16(18-11-12-22-20(13-18)25-23(28)14-31-22)26-27-24(29)15-30-21-10-6-5-9-19(21)17-7-3-2-4-8-17/h2-13H,14-15H2,1H3,(H,25,28)(H,27,29)/b26-16-. The third kappa shape index (κ3) is 4.90. The largest absolute Gasteiger partial charge is 0.483 e. The summed E-state index contributed by atoms with van der Waals surface area (Å²) in [6.45, 7) is 1.59. The van der Waals surface area contributed by atoms with Crippen LogP contribution < -0.4 is 20.2 Å². The topological polar surface area (TPSA) is 89.0 Å². The third-order valence-corrected chi connectivity index (χ3v) is 4.71. The molecular weight excluding hydrogens is 394 g/mol. The molecule has 1 aliphatic rings. The van der Waals surface area contributed by atoms with Gasteiger partial charge in [-0.2, -0.15) is 5.10 Å². The lowest BCUT2D eigenvalue weighted by Crippen LogP contribution is -2.26. The quantitative estimate of drug-likeness (QED) is 0.476. The number of benzene rings is 3. The van der Waals surface area contributed by atoms with Gasteiger partial charge in [-0.15, -0.1) is 0 Å². The van der Waals surface area contributed by atoms with Gasteiger partial charge in [-0.1, -0.05) is 48.5 Å². The fourth-order valence-electron chi connectivity index (χ4n) is 3.14. The fraction of sp³-hybridized carbons (Fsp3) is 0.125. The van der Waals surface area contributed by atoms with E-state index in [0.29, 0.717) is 22.9 Å². The molecule has 0 fully saturated rings. The first kappa shape index (κ1) is 20.2. The van der Waals surface area contributed by atoms with Crippen LogP contribution in [-0.4, -0.2) is 30.7 Å². The molecule has 0 radical (unpaired) electrons. The molecule has 3 aromatic rings. The zero-order valence-electron chi connectivity index (χ0n) is 16.9. The molecule has 7 heteroatoms. The first-order chi connectivity index (χ1) is 15.1. The van der Waals surface area contributed by atoms with Gasteiger partial charge in [0, 0.05) is 5.56 Å². The molecule has 0 aliphatic carbocycles. The van der Waals surface area contributed by atoms with E-state index >= 15 is 0 Å². The van der Waals surface area contributed by atoms with Crippen molar-refractivity contribution in [3.63, 3.8) is 0 Å². The molecule has 31 heavy (non-hydrogen) atoms. The Morgan fingerprint density at radius 3 is 2.71 bits per heavy atom. The van der Waals surface area contributed by atoms with Crippen molar-refractivity contribution in [3.05, 3.63) is 78.4 Å². The highest BCUT2D eigenvalue weighted by Crippen LogP contribution is 2.30. The van der Waals surface area contributed by atoms with Crippen molar-refractivity contribution in [2.24, 2.45) is 5.10 Å². The van der Waals surface area contributed by atoms with Crippen molar-refractivity contribution in [2.75, 3.05) is 18.5 Å². The average Bonchev–Trinajstić information content (AvgIpc) is 2.81. The number of amides is 2. The van der Waals surface area contributed by atoms with Crippen LogP contribution in [0.2, 0.25) is 0 Å². The Labute approximate surface area is 179 Å². The van der Waals surface area contributed by atoms with Crippen LogP contribution in [0.4, 0.5) is 5.69 Å². The Bertz CT molecular complexity index is 1140. The summed E-state index contributed by atoms with van der Waals surface area (Å²) < 4.78 is 11.1. The predicted octanol–water partition coefficient (Wildman–Crippen LogP) is 3.60. The van der Waals surface area contributed by atoms with Crippen LogP contribution in [0.25, 0.3) is 11.1 Å². The zero-order chi connectivity index (χ0) is 21.6. The summed E-state index contributed by atoms with van der Waals surface area (Å²) in [4.78, 5) is 23.7. The van der Waals surface area contributed by atoms with Crippen molar-refractivity contribution in [1.82, 2.24) is 5.43 Å². The van der Waals surface area contributed by atoms with Crippen molar-refractivity contribution in [2.45, 2.75) is 6.92 Å². The first-order valence-corrected chi connectivity index (χ1v) is 9.77. The molecule has 3 aromatic carbocycles. The Morgan fingerprint density at radius 2 is 1.87 bits per heavy atom. The molecule has 0 atom stereocenters. The summed E-state index contributed by atoms with van der Waals surface area (Å²) in [5, 5.41) is 6.89. The minimum absolute atomic E-state index is 0.00285. The van der Waals surface area contributed by atoms with Crippen molar-refractivity contribution in [1.29, 1.82) is 0 Å². The normalized spacial score (nSPS) is 12.9. The Hall–Kier alpha value is -4.13. The maximum atomic E-state index is 12.3. The first-order valence-electron chi connectivity index (χ1n) is 9.77. The third-order valence-electron chi connectivity index (χ3n) is 4.71. The molecule has 7 nitrogen and oxygen atoms in total. The second kappa shape index (κ2) is 9.13. The highest BCUT2D eigenvalue weighted by molar-refractivity contribution is 6.02. The molecule has 0 unspecified atom stereocenters. The zero-order valence-corrected chi connectivity index (χ0v) is 16.9. The highest BCUT2D eigenvalue weighted by Gasteiger charge is 2.16. The fourth-order valence-corrected chi connectivity index (χ4v) is 3.14. The number of hydrazone groups is 1. The lowest BCUT2D eigenvalue weighted by molar-refractivity contribution is -0.123. The highest BCUT2D eigenvalue weighted by atomic mass is 16.5. The van der Waals surface area contributed by atoms with Gasteiger partial charge < -0.3 is 14.8 Å². The van der Waals surface area contributed by atoms with E-state index in [1.165, 1.54) is 0 Å². The number of para-hydroxylation sites is 1. The van der Waals surface area contributed by atoms with Crippen LogP contribution >= 0.6 is 0 Å². The maximum absolute atomic E-state index is 12.3. The molecule has 0 saturated carbocycles. The van der Waals surface area contributed by atoms with E-state index in [2.05, 4.69) is 15.8 Å². The van der Waals surface area contributed by atoms with Crippen LogP contribution in [0.15, 0.2) is 77.9 Å².